The molecule has 0 bridgehead atoms. The highest BCUT2D eigenvalue weighted by atomic mass is 79.9. The molecular weight excluding hydrogens is 320 g/mol. The highest BCUT2D eigenvalue weighted by molar-refractivity contribution is 9.10. The number of benzene rings is 1. The number of rotatable bonds is 4. The van der Waals surface area contributed by atoms with Gasteiger partial charge in [0.1, 0.15) is 17.7 Å². The van der Waals surface area contributed by atoms with E-state index in [1.54, 1.807) is 0 Å². The highest BCUT2D eigenvalue weighted by Crippen LogP contribution is 2.25. The van der Waals surface area contributed by atoms with E-state index in [0.717, 1.165) is 6.07 Å². The quantitative estimate of drug-likeness (QED) is 0.860. The predicted molar refractivity (Wildman–Crippen MR) is 69.7 cm³/mol. The maximum absolute atomic E-state index is 13.8. The van der Waals surface area contributed by atoms with E-state index in [4.69, 9.17) is 10.5 Å². The Hall–Kier alpha value is -0.850. The first-order valence-electron chi connectivity index (χ1n) is 6.03. The summed E-state index contributed by atoms with van der Waals surface area (Å²) in [4.78, 5) is 12.0. The molecule has 1 fully saturated rings. The van der Waals surface area contributed by atoms with Gasteiger partial charge in [-0.25, -0.2) is 8.78 Å². The summed E-state index contributed by atoms with van der Waals surface area (Å²) in [6.45, 7) is 0.351. The topological polar surface area (TPSA) is 52.3 Å². The van der Waals surface area contributed by atoms with Crippen molar-refractivity contribution in [3.63, 3.8) is 0 Å². The average Bonchev–Trinajstić information content (AvgIpc) is 2.88. The summed E-state index contributed by atoms with van der Waals surface area (Å²) in [5.41, 5.74) is 5.23. The summed E-state index contributed by atoms with van der Waals surface area (Å²) in [5.74, 6) is -1.77. The second kappa shape index (κ2) is 6.07. The molecule has 0 aromatic heterocycles. The minimum Gasteiger partial charge on any atom is -0.366 e. The first kappa shape index (κ1) is 14.6. The molecule has 3 nitrogen and oxygen atoms in total. The van der Waals surface area contributed by atoms with Crippen molar-refractivity contribution in [1.29, 1.82) is 0 Å². The van der Waals surface area contributed by atoms with Gasteiger partial charge in [0.15, 0.2) is 5.78 Å². The predicted octanol–water partition coefficient (Wildman–Crippen LogP) is 2.35. The molecule has 0 aliphatic carbocycles. The molecule has 104 valence electrons. The van der Waals surface area contributed by atoms with E-state index in [0.29, 0.717) is 19.4 Å². The zero-order valence-corrected chi connectivity index (χ0v) is 11.8. The molecular formula is C13H14BrF2NO2. The lowest BCUT2D eigenvalue weighted by molar-refractivity contribution is -0.129. The Kier molecular flexibility index (Phi) is 4.65. The number of halogens is 3. The van der Waals surface area contributed by atoms with Gasteiger partial charge in [-0.15, -0.1) is 0 Å². The van der Waals surface area contributed by atoms with E-state index in [1.807, 2.05) is 0 Å². The number of carbonyl (C=O) groups is 1. The van der Waals surface area contributed by atoms with E-state index < -0.39 is 17.7 Å². The lowest BCUT2D eigenvalue weighted by atomic mass is 10.0. The van der Waals surface area contributed by atoms with Crippen molar-refractivity contribution in [3.05, 3.63) is 33.8 Å². The van der Waals surface area contributed by atoms with Crippen LogP contribution in [-0.2, 0) is 16.0 Å². The van der Waals surface area contributed by atoms with E-state index in [2.05, 4.69) is 15.9 Å². The maximum Gasteiger partial charge on any atom is 0.166 e. The van der Waals surface area contributed by atoms with Crippen LogP contribution in [0.1, 0.15) is 18.4 Å². The summed E-state index contributed by atoms with van der Waals surface area (Å²) >= 11 is 2.97. The van der Waals surface area contributed by atoms with E-state index in [1.165, 1.54) is 6.07 Å². The molecule has 0 saturated carbocycles. The van der Waals surface area contributed by atoms with Gasteiger partial charge in [0.25, 0.3) is 0 Å². The number of carbonyl (C=O) groups excluding carboxylic acids is 1. The van der Waals surface area contributed by atoms with Gasteiger partial charge in [-0.3, -0.25) is 4.79 Å². The van der Waals surface area contributed by atoms with Gasteiger partial charge < -0.3 is 10.5 Å². The molecule has 2 unspecified atom stereocenters. The van der Waals surface area contributed by atoms with Crippen molar-refractivity contribution in [1.82, 2.24) is 0 Å². The number of ether oxygens (including phenoxy) is 1. The van der Waals surface area contributed by atoms with E-state index >= 15 is 0 Å². The van der Waals surface area contributed by atoms with Crippen molar-refractivity contribution < 1.29 is 18.3 Å². The van der Waals surface area contributed by atoms with Crippen LogP contribution in [0.25, 0.3) is 0 Å². The molecule has 0 radical (unpaired) electrons. The fourth-order valence-corrected chi connectivity index (χ4v) is 2.51. The van der Waals surface area contributed by atoms with Crippen molar-refractivity contribution in [2.24, 2.45) is 5.73 Å². The second-order valence-electron chi connectivity index (χ2n) is 4.52. The van der Waals surface area contributed by atoms with Crippen LogP contribution in [0, 0.1) is 11.6 Å². The fourth-order valence-electron chi connectivity index (χ4n) is 2.14. The van der Waals surface area contributed by atoms with Gasteiger partial charge in [0.05, 0.1) is 10.6 Å². The van der Waals surface area contributed by atoms with E-state index in [9.17, 15) is 13.6 Å². The minimum atomic E-state index is -0.735. The minimum absolute atomic E-state index is 0.133. The van der Waals surface area contributed by atoms with Crippen molar-refractivity contribution in [3.8, 4) is 0 Å². The van der Waals surface area contributed by atoms with Crippen molar-refractivity contribution in [2.45, 2.75) is 31.5 Å². The number of hydrogen-bond acceptors (Lipinski definition) is 3. The van der Waals surface area contributed by atoms with Crippen LogP contribution < -0.4 is 5.73 Å². The van der Waals surface area contributed by atoms with Crippen LogP contribution in [-0.4, -0.2) is 24.5 Å². The normalized spacial score (nSPS) is 22.7. The van der Waals surface area contributed by atoms with Gasteiger partial charge in [0, 0.05) is 18.5 Å². The molecule has 0 amide bonds. The molecule has 2 N–H and O–H groups in total. The first-order valence-corrected chi connectivity index (χ1v) is 6.82. The molecule has 1 aromatic rings. The molecule has 1 aliphatic rings. The molecule has 1 aliphatic heterocycles. The van der Waals surface area contributed by atoms with Crippen LogP contribution >= 0.6 is 15.9 Å². The Morgan fingerprint density at radius 3 is 2.79 bits per heavy atom. The third kappa shape index (κ3) is 3.19. The lowest BCUT2D eigenvalue weighted by Gasteiger charge is -2.12. The van der Waals surface area contributed by atoms with Crippen LogP contribution in [0.3, 0.4) is 0 Å². The van der Waals surface area contributed by atoms with Crippen LogP contribution in [0.5, 0.6) is 0 Å². The SMILES string of the molecule is NCC1CCC(C(=O)Cc2c(F)ccc(Br)c2F)O1. The third-order valence-electron chi connectivity index (χ3n) is 3.22. The molecule has 2 rings (SSSR count). The second-order valence-corrected chi connectivity index (χ2v) is 5.38. The molecule has 1 saturated heterocycles. The molecule has 1 heterocycles. The number of ketones is 1. The van der Waals surface area contributed by atoms with Crippen LogP contribution in [0.15, 0.2) is 16.6 Å². The Morgan fingerprint density at radius 1 is 1.42 bits per heavy atom. The van der Waals surface area contributed by atoms with Gasteiger partial charge in [-0.1, -0.05) is 0 Å². The Labute approximate surface area is 118 Å². The monoisotopic (exact) mass is 333 g/mol. The van der Waals surface area contributed by atoms with Crippen LogP contribution in [0.2, 0.25) is 0 Å². The largest absolute Gasteiger partial charge is 0.366 e. The fraction of sp³-hybridized carbons (Fsp3) is 0.462. The van der Waals surface area contributed by atoms with Gasteiger partial charge >= 0.3 is 0 Å². The number of nitrogens with two attached hydrogens (primary N) is 1. The molecule has 1 aromatic carbocycles. The Bertz CT molecular complexity index is 496. The Morgan fingerprint density at radius 2 is 2.16 bits per heavy atom. The smallest absolute Gasteiger partial charge is 0.166 e. The standard InChI is InChI=1S/C13H14BrF2NO2/c14-9-2-3-10(15)8(13(9)16)5-11(18)12-4-1-7(6-17)19-12/h2-3,7,12H,1,4-6,17H2. The van der Waals surface area contributed by atoms with Gasteiger partial charge in [-0.05, 0) is 40.9 Å². The zero-order chi connectivity index (χ0) is 14.0. The Balaban J connectivity index is 2.10. The number of Topliss-reactive ketones (excluding diaryl/α,β-unsaturated/α-hetero) is 1. The van der Waals surface area contributed by atoms with Crippen LogP contribution in [0.4, 0.5) is 8.78 Å². The summed E-state index contributed by atoms with van der Waals surface area (Å²) in [7, 11) is 0. The summed E-state index contributed by atoms with van der Waals surface area (Å²) in [6.07, 6.45) is 0.213. The first-order chi connectivity index (χ1) is 9.02. The summed E-state index contributed by atoms with van der Waals surface area (Å²) < 4.78 is 32.9. The summed E-state index contributed by atoms with van der Waals surface area (Å²) in [6, 6.07) is 2.41. The number of hydrogen-bond donors (Lipinski definition) is 1. The lowest BCUT2D eigenvalue weighted by Crippen LogP contribution is -2.26. The molecule has 19 heavy (non-hydrogen) atoms. The highest BCUT2D eigenvalue weighted by Gasteiger charge is 2.30. The summed E-state index contributed by atoms with van der Waals surface area (Å²) in [5, 5.41) is 0. The van der Waals surface area contributed by atoms with Gasteiger partial charge in [0.2, 0.25) is 0 Å². The maximum atomic E-state index is 13.8. The zero-order valence-electron chi connectivity index (χ0n) is 10.2. The molecule has 6 heteroatoms. The molecule has 0 spiro atoms. The third-order valence-corrected chi connectivity index (χ3v) is 3.83. The molecule has 2 atom stereocenters. The van der Waals surface area contributed by atoms with E-state index in [-0.39, 0.29) is 28.3 Å². The average molecular weight is 334 g/mol. The van der Waals surface area contributed by atoms with Gasteiger partial charge in [-0.2, -0.15) is 0 Å². The van der Waals surface area contributed by atoms with Crippen molar-refractivity contribution >= 4 is 21.7 Å². The van der Waals surface area contributed by atoms with Crippen molar-refractivity contribution in [2.75, 3.05) is 6.54 Å².